The average Bonchev–Trinajstić information content (AvgIpc) is 2.38. The fourth-order valence-corrected chi connectivity index (χ4v) is 2.67. The van der Waals surface area contributed by atoms with E-state index in [9.17, 15) is 4.79 Å². The normalized spacial score (nSPS) is 16.9. The number of amides is 2. The van der Waals surface area contributed by atoms with Crippen molar-refractivity contribution in [3.8, 4) is 0 Å². The predicted molar refractivity (Wildman–Crippen MR) is 80.3 cm³/mol. The molecule has 1 aliphatic heterocycles. The van der Waals surface area contributed by atoms with Gasteiger partial charge in [0.05, 0.1) is 0 Å². The predicted octanol–water partition coefficient (Wildman–Crippen LogP) is 3.92. The summed E-state index contributed by atoms with van der Waals surface area (Å²) in [7, 11) is 0. The van der Waals surface area contributed by atoms with Crippen LogP contribution in [0, 0.1) is 0 Å². The van der Waals surface area contributed by atoms with E-state index in [2.05, 4.69) is 28.2 Å². The molecule has 4 heteroatoms. The van der Waals surface area contributed by atoms with Crippen molar-refractivity contribution in [1.82, 2.24) is 10.2 Å². The Kier molecular flexibility index (Phi) is 8.47. The minimum absolute atomic E-state index is 0.128. The van der Waals surface area contributed by atoms with Gasteiger partial charge in [-0.3, -0.25) is 0 Å². The van der Waals surface area contributed by atoms with Gasteiger partial charge in [0.2, 0.25) is 0 Å². The number of hydrogen-bond acceptors (Lipinski definition) is 1. The third-order valence-corrected chi connectivity index (χ3v) is 4.43. The number of unbranched alkanes of at least 4 members (excludes halogenated alkanes) is 5. The lowest BCUT2D eigenvalue weighted by Gasteiger charge is -2.29. The van der Waals surface area contributed by atoms with Crippen LogP contribution in [0.3, 0.4) is 0 Å². The number of carbonyl (C=O) groups is 1. The molecule has 0 unspecified atom stereocenters. The van der Waals surface area contributed by atoms with E-state index in [4.69, 9.17) is 0 Å². The first kappa shape index (κ1) is 15.8. The van der Waals surface area contributed by atoms with Crippen molar-refractivity contribution >= 4 is 22.0 Å². The molecular formula is C14H27BrN2O. The molecule has 0 bridgehead atoms. The zero-order chi connectivity index (χ0) is 13.2. The molecule has 106 valence electrons. The number of nitrogens with one attached hydrogen (secondary N) is 1. The third kappa shape index (κ3) is 6.62. The lowest BCUT2D eigenvalue weighted by atomic mass is 10.1. The number of alkyl halides is 1. The molecule has 2 amide bonds. The van der Waals surface area contributed by atoms with Crippen molar-refractivity contribution in [2.45, 2.75) is 63.1 Å². The Labute approximate surface area is 120 Å². The molecule has 0 aromatic heterocycles. The number of urea groups is 1. The highest BCUT2D eigenvalue weighted by Gasteiger charge is 2.20. The molecule has 1 N–H and O–H groups in total. The summed E-state index contributed by atoms with van der Waals surface area (Å²) < 4.78 is 0. The molecule has 0 aliphatic carbocycles. The second-order valence-electron chi connectivity index (χ2n) is 5.16. The second-order valence-corrected chi connectivity index (χ2v) is 6.46. The van der Waals surface area contributed by atoms with Crippen molar-refractivity contribution < 1.29 is 4.79 Å². The Morgan fingerprint density at radius 3 is 2.44 bits per heavy atom. The maximum atomic E-state index is 11.8. The van der Waals surface area contributed by atoms with Gasteiger partial charge in [-0.1, -0.05) is 55.0 Å². The molecule has 3 nitrogen and oxygen atoms in total. The Balaban J connectivity index is 1.96. The molecule has 0 spiro atoms. The molecule has 1 fully saturated rings. The van der Waals surface area contributed by atoms with Crippen molar-refractivity contribution in [1.29, 1.82) is 0 Å². The lowest BCUT2D eigenvalue weighted by molar-refractivity contribution is 0.188. The van der Waals surface area contributed by atoms with Crippen LogP contribution in [0.2, 0.25) is 0 Å². The molecule has 0 radical (unpaired) electrons. The number of hydrogen-bond donors (Lipinski definition) is 1. The Hall–Kier alpha value is -0.250. The number of likely N-dealkylation sites (tertiary alicyclic amines) is 1. The number of nitrogens with zero attached hydrogens (tertiary/aromatic N) is 1. The van der Waals surface area contributed by atoms with E-state index in [1.165, 1.54) is 32.1 Å². The van der Waals surface area contributed by atoms with Crippen molar-refractivity contribution in [3.63, 3.8) is 0 Å². The molecule has 0 atom stereocenters. The van der Waals surface area contributed by atoms with Gasteiger partial charge in [0, 0.05) is 24.5 Å². The monoisotopic (exact) mass is 318 g/mol. The zero-order valence-corrected chi connectivity index (χ0v) is 13.2. The molecule has 1 saturated heterocycles. The van der Waals surface area contributed by atoms with Crippen LogP contribution in [0.25, 0.3) is 0 Å². The summed E-state index contributed by atoms with van der Waals surface area (Å²) in [6, 6.07) is 0.128. The van der Waals surface area contributed by atoms with E-state index >= 15 is 0 Å². The fourth-order valence-electron chi connectivity index (χ4n) is 2.26. The number of rotatable bonds is 7. The van der Waals surface area contributed by atoms with Crippen molar-refractivity contribution in [3.05, 3.63) is 0 Å². The highest BCUT2D eigenvalue weighted by molar-refractivity contribution is 9.09. The summed E-state index contributed by atoms with van der Waals surface area (Å²) in [5, 5.41) is 3.03. The van der Waals surface area contributed by atoms with E-state index in [0.29, 0.717) is 4.83 Å². The molecule has 1 aliphatic rings. The van der Waals surface area contributed by atoms with Crippen molar-refractivity contribution in [2.75, 3.05) is 19.6 Å². The average molecular weight is 319 g/mol. The molecule has 0 aromatic carbocycles. The fraction of sp³-hybridized carbons (Fsp3) is 0.929. The van der Waals surface area contributed by atoms with Crippen LogP contribution in [0.15, 0.2) is 0 Å². The number of piperidine rings is 1. The van der Waals surface area contributed by atoms with Gasteiger partial charge >= 0.3 is 6.03 Å². The van der Waals surface area contributed by atoms with Gasteiger partial charge < -0.3 is 10.2 Å². The summed E-state index contributed by atoms with van der Waals surface area (Å²) in [6.07, 6.45) is 9.78. The van der Waals surface area contributed by atoms with Gasteiger partial charge in [-0.05, 0) is 19.3 Å². The van der Waals surface area contributed by atoms with Crippen molar-refractivity contribution in [2.24, 2.45) is 0 Å². The summed E-state index contributed by atoms with van der Waals surface area (Å²) in [5.74, 6) is 0. The minimum atomic E-state index is 0.128. The quantitative estimate of drug-likeness (QED) is 0.560. The maximum absolute atomic E-state index is 11.8. The van der Waals surface area contributed by atoms with Crippen LogP contribution in [-0.2, 0) is 0 Å². The van der Waals surface area contributed by atoms with Crippen LogP contribution < -0.4 is 5.32 Å². The molecule has 0 aromatic rings. The molecule has 1 rings (SSSR count). The Bertz CT molecular complexity index is 228. The Morgan fingerprint density at radius 2 is 1.78 bits per heavy atom. The van der Waals surface area contributed by atoms with E-state index in [0.717, 1.165) is 38.9 Å². The molecule has 0 saturated carbocycles. The largest absolute Gasteiger partial charge is 0.338 e. The standard InChI is InChI=1S/C14H27BrN2O/c1-2-3-4-5-6-7-10-16-14(18)17-11-8-13(15)9-12-17/h13H,2-12H2,1H3,(H,16,18). The molecular weight excluding hydrogens is 292 g/mol. The maximum Gasteiger partial charge on any atom is 0.317 e. The summed E-state index contributed by atoms with van der Waals surface area (Å²) in [6.45, 7) is 4.84. The van der Waals surface area contributed by atoms with Crippen LogP contribution >= 0.6 is 15.9 Å². The van der Waals surface area contributed by atoms with Gasteiger partial charge in [0.25, 0.3) is 0 Å². The van der Waals surface area contributed by atoms with Crippen LogP contribution in [0.5, 0.6) is 0 Å². The van der Waals surface area contributed by atoms with Gasteiger partial charge in [-0.15, -0.1) is 0 Å². The van der Waals surface area contributed by atoms with Gasteiger partial charge in [-0.25, -0.2) is 4.79 Å². The smallest absolute Gasteiger partial charge is 0.317 e. The highest BCUT2D eigenvalue weighted by Crippen LogP contribution is 2.17. The van der Waals surface area contributed by atoms with Crippen LogP contribution in [-0.4, -0.2) is 35.4 Å². The SMILES string of the molecule is CCCCCCCCNC(=O)N1CCC(Br)CC1. The van der Waals surface area contributed by atoms with E-state index in [1.807, 2.05) is 4.90 Å². The van der Waals surface area contributed by atoms with Gasteiger partial charge in [0.1, 0.15) is 0 Å². The first-order valence-electron chi connectivity index (χ1n) is 7.41. The summed E-state index contributed by atoms with van der Waals surface area (Å²) in [4.78, 5) is 14.4. The first-order chi connectivity index (χ1) is 8.74. The van der Waals surface area contributed by atoms with Gasteiger partial charge in [-0.2, -0.15) is 0 Å². The van der Waals surface area contributed by atoms with E-state index in [-0.39, 0.29) is 6.03 Å². The minimum Gasteiger partial charge on any atom is -0.338 e. The first-order valence-corrected chi connectivity index (χ1v) is 8.32. The number of halogens is 1. The highest BCUT2D eigenvalue weighted by atomic mass is 79.9. The molecule has 18 heavy (non-hydrogen) atoms. The van der Waals surface area contributed by atoms with E-state index in [1.54, 1.807) is 0 Å². The third-order valence-electron chi connectivity index (χ3n) is 3.52. The lowest BCUT2D eigenvalue weighted by Crippen LogP contribution is -2.44. The summed E-state index contributed by atoms with van der Waals surface area (Å²) in [5.41, 5.74) is 0. The number of carbonyl (C=O) groups excluding carboxylic acids is 1. The van der Waals surface area contributed by atoms with E-state index < -0.39 is 0 Å². The van der Waals surface area contributed by atoms with Crippen LogP contribution in [0.4, 0.5) is 4.79 Å². The Morgan fingerprint density at radius 1 is 1.17 bits per heavy atom. The zero-order valence-electron chi connectivity index (χ0n) is 11.6. The van der Waals surface area contributed by atoms with Crippen LogP contribution in [0.1, 0.15) is 58.3 Å². The second kappa shape index (κ2) is 9.65. The topological polar surface area (TPSA) is 32.3 Å². The van der Waals surface area contributed by atoms with Gasteiger partial charge in [0.15, 0.2) is 0 Å². The summed E-state index contributed by atoms with van der Waals surface area (Å²) >= 11 is 3.60. The molecule has 1 heterocycles.